The highest BCUT2D eigenvalue weighted by Crippen LogP contribution is 2.24. The number of benzene rings is 2. The van der Waals surface area contributed by atoms with Crippen LogP contribution in [0.1, 0.15) is 23.2 Å². The lowest BCUT2D eigenvalue weighted by molar-refractivity contribution is 0.102. The SMILES string of the molecule is CSc1ccc(NC(=O)c2ccc(Cl)c(S(=O)(=O)NCC3CCCO3)c2)cc1. The van der Waals surface area contributed by atoms with Crippen molar-refractivity contribution in [3.8, 4) is 0 Å². The normalized spacial score (nSPS) is 16.9. The molecule has 1 fully saturated rings. The van der Waals surface area contributed by atoms with Crippen molar-refractivity contribution in [2.75, 3.05) is 24.7 Å². The first-order chi connectivity index (χ1) is 13.4. The fraction of sp³-hybridized carbons (Fsp3) is 0.316. The van der Waals surface area contributed by atoms with Gasteiger partial charge in [-0.2, -0.15) is 0 Å². The molecule has 28 heavy (non-hydrogen) atoms. The van der Waals surface area contributed by atoms with E-state index in [-0.39, 0.29) is 28.1 Å². The van der Waals surface area contributed by atoms with Gasteiger partial charge in [-0.15, -0.1) is 11.8 Å². The number of hydrogen-bond acceptors (Lipinski definition) is 5. The minimum Gasteiger partial charge on any atom is -0.377 e. The van der Waals surface area contributed by atoms with Crippen LogP contribution in [0.15, 0.2) is 52.3 Å². The largest absolute Gasteiger partial charge is 0.377 e. The molecule has 2 aromatic carbocycles. The number of hydrogen-bond donors (Lipinski definition) is 2. The first kappa shape index (κ1) is 21.1. The summed E-state index contributed by atoms with van der Waals surface area (Å²) in [5.74, 6) is -0.413. The molecule has 1 amide bonds. The topological polar surface area (TPSA) is 84.5 Å². The molecule has 1 heterocycles. The standard InChI is InChI=1S/C19H21ClN2O4S2/c1-27-16-7-5-14(6-8-16)22-19(23)13-4-9-17(20)18(11-13)28(24,25)21-12-15-3-2-10-26-15/h4-9,11,15,21H,2-3,10,12H2,1H3,(H,22,23). The van der Waals surface area contributed by atoms with Crippen LogP contribution >= 0.6 is 23.4 Å². The molecule has 3 rings (SSSR count). The van der Waals surface area contributed by atoms with Crippen molar-refractivity contribution < 1.29 is 17.9 Å². The van der Waals surface area contributed by atoms with Crippen molar-refractivity contribution in [2.24, 2.45) is 0 Å². The summed E-state index contributed by atoms with van der Waals surface area (Å²) in [4.78, 5) is 13.5. The van der Waals surface area contributed by atoms with Gasteiger partial charge in [0.2, 0.25) is 10.0 Å². The lowest BCUT2D eigenvalue weighted by atomic mass is 10.2. The summed E-state index contributed by atoms with van der Waals surface area (Å²) < 4.78 is 33.2. The van der Waals surface area contributed by atoms with E-state index < -0.39 is 15.9 Å². The third kappa shape index (κ3) is 5.27. The molecule has 0 aliphatic carbocycles. The second-order valence-electron chi connectivity index (χ2n) is 6.31. The highest BCUT2D eigenvalue weighted by atomic mass is 35.5. The summed E-state index contributed by atoms with van der Waals surface area (Å²) in [5.41, 5.74) is 0.828. The third-order valence-electron chi connectivity index (χ3n) is 4.36. The van der Waals surface area contributed by atoms with Crippen molar-refractivity contribution >= 4 is 45.0 Å². The molecular formula is C19H21ClN2O4S2. The maximum Gasteiger partial charge on any atom is 0.255 e. The number of halogens is 1. The minimum atomic E-state index is -3.86. The predicted octanol–water partition coefficient (Wildman–Crippen LogP) is 3.77. The molecule has 0 spiro atoms. The van der Waals surface area contributed by atoms with Gasteiger partial charge >= 0.3 is 0 Å². The van der Waals surface area contributed by atoms with Crippen molar-refractivity contribution in [2.45, 2.75) is 28.7 Å². The van der Waals surface area contributed by atoms with Gasteiger partial charge in [-0.1, -0.05) is 11.6 Å². The summed E-state index contributed by atoms with van der Waals surface area (Å²) in [6, 6.07) is 11.6. The van der Waals surface area contributed by atoms with Gasteiger partial charge in [0.05, 0.1) is 11.1 Å². The average Bonchev–Trinajstić information content (AvgIpc) is 3.21. The number of rotatable bonds is 7. The second-order valence-corrected chi connectivity index (χ2v) is 9.34. The molecule has 1 saturated heterocycles. The lowest BCUT2D eigenvalue weighted by Gasteiger charge is -2.13. The van der Waals surface area contributed by atoms with Crippen molar-refractivity contribution in [1.82, 2.24) is 4.72 Å². The Morgan fingerprint density at radius 3 is 2.64 bits per heavy atom. The number of carbonyl (C=O) groups is 1. The van der Waals surface area contributed by atoms with Gasteiger partial charge in [-0.05, 0) is 61.6 Å². The van der Waals surface area contributed by atoms with Gasteiger partial charge in [0, 0.05) is 29.3 Å². The Morgan fingerprint density at radius 2 is 2.00 bits per heavy atom. The molecule has 2 N–H and O–H groups in total. The quantitative estimate of drug-likeness (QED) is 0.640. The fourth-order valence-electron chi connectivity index (χ4n) is 2.81. The van der Waals surface area contributed by atoms with E-state index in [9.17, 15) is 13.2 Å². The molecule has 1 aliphatic rings. The Labute approximate surface area is 174 Å². The number of nitrogens with one attached hydrogen (secondary N) is 2. The zero-order valence-corrected chi connectivity index (χ0v) is 17.7. The van der Waals surface area contributed by atoms with E-state index in [1.807, 2.05) is 18.4 Å². The highest BCUT2D eigenvalue weighted by molar-refractivity contribution is 7.98. The molecule has 1 atom stereocenters. The van der Waals surface area contributed by atoms with E-state index in [1.54, 1.807) is 23.9 Å². The van der Waals surface area contributed by atoms with E-state index in [4.69, 9.17) is 16.3 Å². The van der Waals surface area contributed by atoms with Gasteiger partial charge in [-0.3, -0.25) is 4.79 Å². The molecule has 0 radical (unpaired) electrons. The van der Waals surface area contributed by atoms with Crippen molar-refractivity contribution in [3.05, 3.63) is 53.1 Å². The van der Waals surface area contributed by atoms with Gasteiger partial charge in [0.25, 0.3) is 5.91 Å². The number of sulfonamides is 1. The van der Waals surface area contributed by atoms with Crippen LogP contribution in [0.3, 0.4) is 0 Å². The van der Waals surface area contributed by atoms with Crippen LogP contribution in [0.2, 0.25) is 5.02 Å². The zero-order chi connectivity index (χ0) is 20.1. The van der Waals surface area contributed by atoms with E-state index >= 15 is 0 Å². The summed E-state index contributed by atoms with van der Waals surface area (Å²) >= 11 is 7.69. The predicted molar refractivity (Wildman–Crippen MR) is 112 cm³/mol. The lowest BCUT2D eigenvalue weighted by Crippen LogP contribution is -2.32. The molecule has 2 aromatic rings. The van der Waals surface area contributed by atoms with Gasteiger partial charge in [0.1, 0.15) is 4.90 Å². The summed E-state index contributed by atoms with van der Waals surface area (Å²) in [5, 5.41) is 2.81. The number of anilines is 1. The Hall–Kier alpha value is -1.58. The molecule has 0 saturated carbocycles. The van der Waals surface area contributed by atoms with Crippen molar-refractivity contribution in [1.29, 1.82) is 0 Å². The van der Waals surface area contributed by atoms with Crippen LogP contribution in [0.4, 0.5) is 5.69 Å². The van der Waals surface area contributed by atoms with Crippen LogP contribution < -0.4 is 10.0 Å². The monoisotopic (exact) mass is 440 g/mol. The van der Waals surface area contributed by atoms with E-state index in [0.717, 1.165) is 17.7 Å². The van der Waals surface area contributed by atoms with Crippen LogP contribution in [0.5, 0.6) is 0 Å². The molecule has 1 unspecified atom stereocenters. The Kier molecular flexibility index (Phi) is 7.00. The molecule has 9 heteroatoms. The number of ether oxygens (including phenoxy) is 1. The van der Waals surface area contributed by atoms with E-state index in [0.29, 0.717) is 12.3 Å². The third-order valence-corrected chi connectivity index (χ3v) is 7.00. The maximum atomic E-state index is 12.6. The van der Waals surface area contributed by atoms with E-state index in [2.05, 4.69) is 10.0 Å². The van der Waals surface area contributed by atoms with Crippen LogP contribution in [0.25, 0.3) is 0 Å². The summed E-state index contributed by atoms with van der Waals surface area (Å²) in [6.45, 7) is 0.817. The van der Waals surface area contributed by atoms with E-state index in [1.165, 1.54) is 18.2 Å². The van der Waals surface area contributed by atoms with Gasteiger partial charge in [0.15, 0.2) is 0 Å². The Balaban J connectivity index is 1.74. The number of carbonyl (C=O) groups excluding carboxylic acids is 1. The maximum absolute atomic E-state index is 12.6. The minimum absolute atomic E-state index is 0.0562. The van der Waals surface area contributed by atoms with Gasteiger partial charge in [-0.25, -0.2) is 13.1 Å². The summed E-state index contributed by atoms with van der Waals surface area (Å²) in [6.07, 6.45) is 3.56. The van der Waals surface area contributed by atoms with Crippen LogP contribution in [-0.4, -0.2) is 39.8 Å². The first-order valence-electron chi connectivity index (χ1n) is 8.75. The Morgan fingerprint density at radius 1 is 1.25 bits per heavy atom. The first-order valence-corrected chi connectivity index (χ1v) is 11.8. The molecule has 0 aromatic heterocycles. The molecule has 150 valence electrons. The number of amides is 1. The van der Waals surface area contributed by atoms with Crippen LogP contribution in [0, 0.1) is 0 Å². The average molecular weight is 441 g/mol. The number of thioether (sulfide) groups is 1. The molecule has 1 aliphatic heterocycles. The fourth-order valence-corrected chi connectivity index (χ4v) is 4.81. The van der Waals surface area contributed by atoms with Crippen LogP contribution in [-0.2, 0) is 14.8 Å². The summed E-state index contributed by atoms with van der Waals surface area (Å²) in [7, 11) is -3.86. The Bertz CT molecular complexity index is 943. The molecule has 6 nitrogen and oxygen atoms in total. The highest BCUT2D eigenvalue weighted by Gasteiger charge is 2.23. The molecular weight excluding hydrogens is 420 g/mol. The van der Waals surface area contributed by atoms with Gasteiger partial charge < -0.3 is 10.1 Å². The zero-order valence-electron chi connectivity index (χ0n) is 15.3. The van der Waals surface area contributed by atoms with Crippen molar-refractivity contribution in [3.63, 3.8) is 0 Å². The second kappa shape index (κ2) is 9.28. The smallest absolute Gasteiger partial charge is 0.255 e. The molecule has 0 bridgehead atoms.